The Bertz CT molecular complexity index is 606. The van der Waals surface area contributed by atoms with E-state index in [1.165, 1.54) is 20.3 Å². The molecule has 6 nitrogen and oxygen atoms in total. The minimum Gasteiger partial charge on any atom is -0.467 e. The van der Waals surface area contributed by atoms with Crippen molar-refractivity contribution in [3.8, 4) is 0 Å². The van der Waals surface area contributed by atoms with E-state index in [2.05, 4.69) is 10.1 Å². The first-order valence-electron chi connectivity index (χ1n) is 7.67. The minimum atomic E-state index is -0.682. The lowest BCUT2D eigenvalue weighted by Crippen LogP contribution is -2.45. The van der Waals surface area contributed by atoms with Gasteiger partial charge in [0.2, 0.25) is 5.91 Å². The predicted octanol–water partition coefficient (Wildman–Crippen LogP) is 2.19. The molecule has 0 heterocycles. The van der Waals surface area contributed by atoms with E-state index in [1.54, 1.807) is 30.3 Å². The number of benzene rings is 1. The average molecular weight is 333 g/mol. The van der Waals surface area contributed by atoms with E-state index >= 15 is 0 Å². The van der Waals surface area contributed by atoms with Gasteiger partial charge in [0, 0.05) is 6.08 Å². The van der Waals surface area contributed by atoms with Crippen LogP contribution in [0.15, 0.2) is 30.3 Å². The zero-order valence-electron chi connectivity index (χ0n) is 14.4. The number of nitrogens with one attached hydrogen (secondary N) is 1. The number of hydrogen-bond donors (Lipinski definition) is 1. The lowest BCUT2D eigenvalue weighted by atomic mass is 9.99. The summed E-state index contributed by atoms with van der Waals surface area (Å²) in [4.78, 5) is 35.1. The van der Waals surface area contributed by atoms with Crippen molar-refractivity contribution < 1.29 is 23.9 Å². The van der Waals surface area contributed by atoms with Crippen molar-refractivity contribution in [3.63, 3.8) is 0 Å². The first-order chi connectivity index (χ1) is 11.4. The molecule has 0 saturated heterocycles. The number of carbonyl (C=O) groups is 3. The van der Waals surface area contributed by atoms with Gasteiger partial charge < -0.3 is 14.8 Å². The normalized spacial score (nSPS) is 13.2. The number of carbonyl (C=O) groups excluding carboxylic acids is 3. The van der Waals surface area contributed by atoms with Crippen LogP contribution in [0.1, 0.15) is 36.2 Å². The molecule has 2 atom stereocenters. The van der Waals surface area contributed by atoms with Crippen molar-refractivity contribution in [1.29, 1.82) is 0 Å². The fourth-order valence-electron chi connectivity index (χ4n) is 2.02. The average Bonchev–Trinajstić information content (AvgIpc) is 2.62. The number of rotatable bonds is 7. The summed E-state index contributed by atoms with van der Waals surface area (Å²) in [6, 6.07) is 5.93. The molecule has 0 radical (unpaired) electrons. The Hall–Kier alpha value is -2.63. The van der Waals surface area contributed by atoms with Crippen LogP contribution in [0, 0.1) is 5.92 Å². The molecule has 0 fully saturated rings. The topological polar surface area (TPSA) is 81.7 Å². The molecule has 0 aliphatic rings. The van der Waals surface area contributed by atoms with Gasteiger partial charge in [0.05, 0.1) is 19.8 Å². The lowest BCUT2D eigenvalue weighted by molar-refractivity contribution is -0.146. The molecule has 0 aliphatic carbocycles. The molecule has 0 aliphatic heterocycles. The van der Waals surface area contributed by atoms with Gasteiger partial charge in [-0.2, -0.15) is 0 Å². The van der Waals surface area contributed by atoms with Crippen molar-refractivity contribution in [2.24, 2.45) is 5.92 Å². The largest absolute Gasteiger partial charge is 0.467 e. The summed E-state index contributed by atoms with van der Waals surface area (Å²) in [7, 11) is 2.61. The van der Waals surface area contributed by atoms with Gasteiger partial charge in [0.15, 0.2) is 0 Å². The second-order valence-corrected chi connectivity index (χ2v) is 5.34. The molecule has 1 aromatic rings. The van der Waals surface area contributed by atoms with E-state index in [0.29, 0.717) is 5.56 Å². The summed E-state index contributed by atoms with van der Waals surface area (Å²) in [5.41, 5.74) is 1.18. The van der Waals surface area contributed by atoms with Crippen LogP contribution in [0.3, 0.4) is 0 Å². The molecular weight excluding hydrogens is 310 g/mol. The summed E-state index contributed by atoms with van der Waals surface area (Å²) in [5, 5.41) is 2.65. The zero-order chi connectivity index (χ0) is 18.1. The molecule has 6 heteroatoms. The molecule has 0 saturated carbocycles. The smallest absolute Gasteiger partial charge is 0.337 e. The molecule has 0 spiro atoms. The van der Waals surface area contributed by atoms with Crippen LogP contribution < -0.4 is 5.32 Å². The standard InChI is InChI=1S/C18H23NO5/c1-5-12(2)16(18(22)24-4)19-15(20)11-8-13-6-9-14(10-7-13)17(21)23-3/h6-12,16H,5H2,1-4H3,(H,19,20)/b11-8+/t12-,16-/m1/s1. The van der Waals surface area contributed by atoms with E-state index in [4.69, 9.17) is 4.74 Å². The Morgan fingerprint density at radius 1 is 1.12 bits per heavy atom. The molecule has 130 valence electrons. The molecular formula is C18H23NO5. The predicted molar refractivity (Wildman–Crippen MR) is 90.2 cm³/mol. The fraction of sp³-hybridized carbons (Fsp3) is 0.389. The van der Waals surface area contributed by atoms with Crippen LogP contribution >= 0.6 is 0 Å². The molecule has 24 heavy (non-hydrogen) atoms. The van der Waals surface area contributed by atoms with E-state index in [-0.39, 0.29) is 11.8 Å². The number of amides is 1. The molecule has 0 bridgehead atoms. The monoisotopic (exact) mass is 333 g/mol. The summed E-state index contributed by atoms with van der Waals surface area (Å²) >= 11 is 0. The van der Waals surface area contributed by atoms with Crippen molar-refractivity contribution >= 4 is 23.9 Å². The van der Waals surface area contributed by atoms with Crippen molar-refractivity contribution in [3.05, 3.63) is 41.5 Å². The van der Waals surface area contributed by atoms with Crippen LogP contribution in [-0.2, 0) is 19.1 Å². The highest BCUT2D eigenvalue weighted by molar-refractivity contribution is 5.95. The summed E-state index contributed by atoms with van der Waals surface area (Å²) in [6.07, 6.45) is 3.67. The van der Waals surface area contributed by atoms with Crippen LogP contribution in [-0.4, -0.2) is 38.1 Å². The van der Waals surface area contributed by atoms with Gasteiger partial charge in [0.1, 0.15) is 6.04 Å². The number of esters is 2. The second-order valence-electron chi connectivity index (χ2n) is 5.34. The molecule has 1 rings (SSSR count). The van der Waals surface area contributed by atoms with Crippen LogP contribution in [0.4, 0.5) is 0 Å². The quantitative estimate of drug-likeness (QED) is 0.611. The maximum Gasteiger partial charge on any atom is 0.337 e. The van der Waals surface area contributed by atoms with Crippen LogP contribution in [0.25, 0.3) is 6.08 Å². The first kappa shape index (κ1) is 19.4. The third-order valence-electron chi connectivity index (χ3n) is 3.72. The van der Waals surface area contributed by atoms with Gasteiger partial charge in [-0.15, -0.1) is 0 Å². The van der Waals surface area contributed by atoms with Crippen molar-refractivity contribution in [2.75, 3.05) is 14.2 Å². The van der Waals surface area contributed by atoms with Gasteiger partial charge in [-0.25, -0.2) is 9.59 Å². The lowest BCUT2D eigenvalue weighted by Gasteiger charge is -2.20. The highest BCUT2D eigenvalue weighted by Crippen LogP contribution is 2.10. The highest BCUT2D eigenvalue weighted by atomic mass is 16.5. The maximum absolute atomic E-state index is 12.0. The third-order valence-corrected chi connectivity index (χ3v) is 3.72. The fourth-order valence-corrected chi connectivity index (χ4v) is 2.02. The Morgan fingerprint density at radius 3 is 2.25 bits per heavy atom. The Kier molecular flexibility index (Phi) is 7.68. The van der Waals surface area contributed by atoms with Crippen LogP contribution in [0.2, 0.25) is 0 Å². The van der Waals surface area contributed by atoms with E-state index in [9.17, 15) is 14.4 Å². The van der Waals surface area contributed by atoms with E-state index in [1.807, 2.05) is 13.8 Å². The van der Waals surface area contributed by atoms with E-state index in [0.717, 1.165) is 12.0 Å². The number of ether oxygens (including phenoxy) is 2. The minimum absolute atomic E-state index is 0.0332. The first-order valence-corrected chi connectivity index (χ1v) is 7.67. The number of methoxy groups -OCH3 is 2. The van der Waals surface area contributed by atoms with Gasteiger partial charge in [-0.05, 0) is 29.7 Å². The van der Waals surface area contributed by atoms with Gasteiger partial charge in [-0.1, -0.05) is 32.4 Å². The molecule has 0 aromatic heterocycles. The summed E-state index contributed by atoms with van der Waals surface area (Å²) < 4.78 is 9.34. The van der Waals surface area contributed by atoms with E-state index < -0.39 is 18.0 Å². The van der Waals surface area contributed by atoms with Crippen molar-refractivity contribution in [2.45, 2.75) is 26.3 Å². The Morgan fingerprint density at radius 2 is 1.75 bits per heavy atom. The third kappa shape index (κ3) is 5.53. The molecule has 1 aromatic carbocycles. The number of hydrogen-bond acceptors (Lipinski definition) is 5. The summed E-state index contributed by atoms with van der Waals surface area (Å²) in [5.74, 6) is -1.30. The van der Waals surface area contributed by atoms with Crippen LogP contribution in [0.5, 0.6) is 0 Å². The van der Waals surface area contributed by atoms with Gasteiger partial charge in [0.25, 0.3) is 0 Å². The van der Waals surface area contributed by atoms with Crippen molar-refractivity contribution in [1.82, 2.24) is 5.32 Å². The SMILES string of the molecule is CC[C@@H](C)[C@@H](NC(=O)/C=C/c1ccc(C(=O)OC)cc1)C(=O)OC. The maximum atomic E-state index is 12.0. The molecule has 1 amide bonds. The zero-order valence-corrected chi connectivity index (χ0v) is 14.4. The summed E-state index contributed by atoms with van der Waals surface area (Å²) in [6.45, 7) is 3.81. The molecule has 0 unspecified atom stereocenters. The Balaban J connectivity index is 2.73. The Labute approximate surface area is 141 Å². The van der Waals surface area contributed by atoms with Gasteiger partial charge >= 0.3 is 11.9 Å². The molecule has 1 N–H and O–H groups in total. The highest BCUT2D eigenvalue weighted by Gasteiger charge is 2.25. The second kappa shape index (κ2) is 9.50. The van der Waals surface area contributed by atoms with Gasteiger partial charge in [-0.3, -0.25) is 4.79 Å².